The third-order valence-corrected chi connectivity index (χ3v) is 6.64. The van der Waals surface area contributed by atoms with Crippen molar-refractivity contribution >= 4 is 33.4 Å². The number of sulfonamides is 1. The first-order chi connectivity index (χ1) is 12.8. The predicted octanol–water partition coefficient (Wildman–Crippen LogP) is 3.45. The van der Waals surface area contributed by atoms with E-state index in [4.69, 9.17) is 4.74 Å². The van der Waals surface area contributed by atoms with E-state index in [0.29, 0.717) is 12.3 Å². The molecule has 0 aliphatic heterocycles. The standard InChI is InChI=1S/C19H24N2O4S2/c1-5-25-17-12-11-15(13-18(17)27(23,24)21(3)4)20-19(22)14(2)26-16-9-7-6-8-10-16/h6-14H,5H2,1-4H3,(H,20,22). The maximum absolute atomic E-state index is 12.6. The van der Waals surface area contributed by atoms with Crippen molar-refractivity contribution in [2.45, 2.75) is 28.9 Å². The SMILES string of the molecule is CCOc1ccc(NC(=O)C(C)Sc2ccccc2)cc1S(=O)(=O)N(C)C. The lowest BCUT2D eigenvalue weighted by atomic mass is 10.3. The number of hydrogen-bond acceptors (Lipinski definition) is 5. The van der Waals surface area contributed by atoms with Crippen molar-refractivity contribution in [3.05, 3.63) is 48.5 Å². The highest BCUT2D eigenvalue weighted by molar-refractivity contribution is 8.00. The van der Waals surface area contributed by atoms with Crippen molar-refractivity contribution < 1.29 is 17.9 Å². The van der Waals surface area contributed by atoms with Crippen molar-refractivity contribution in [2.75, 3.05) is 26.0 Å². The summed E-state index contributed by atoms with van der Waals surface area (Å²) in [6.07, 6.45) is 0. The summed E-state index contributed by atoms with van der Waals surface area (Å²) in [5, 5.41) is 2.44. The number of anilines is 1. The van der Waals surface area contributed by atoms with Crippen LogP contribution < -0.4 is 10.1 Å². The Morgan fingerprint density at radius 3 is 2.44 bits per heavy atom. The number of benzene rings is 2. The molecule has 6 nitrogen and oxygen atoms in total. The molecule has 1 unspecified atom stereocenters. The van der Waals surface area contributed by atoms with Gasteiger partial charge in [0.05, 0.1) is 11.9 Å². The van der Waals surface area contributed by atoms with E-state index in [2.05, 4.69) is 5.32 Å². The van der Waals surface area contributed by atoms with Crippen LogP contribution in [0.1, 0.15) is 13.8 Å². The largest absolute Gasteiger partial charge is 0.492 e. The van der Waals surface area contributed by atoms with Crippen LogP contribution in [-0.4, -0.2) is 44.6 Å². The molecular weight excluding hydrogens is 384 g/mol. The summed E-state index contributed by atoms with van der Waals surface area (Å²) >= 11 is 1.43. The Hall–Kier alpha value is -2.03. The minimum absolute atomic E-state index is 0.0236. The molecule has 0 aliphatic carbocycles. The van der Waals surface area contributed by atoms with E-state index in [0.717, 1.165) is 9.20 Å². The van der Waals surface area contributed by atoms with Crippen molar-refractivity contribution in [1.82, 2.24) is 4.31 Å². The van der Waals surface area contributed by atoms with Crippen LogP contribution in [0.2, 0.25) is 0 Å². The van der Waals surface area contributed by atoms with Crippen molar-refractivity contribution in [3.8, 4) is 5.75 Å². The van der Waals surface area contributed by atoms with Crippen molar-refractivity contribution in [1.29, 1.82) is 0 Å². The van der Waals surface area contributed by atoms with Gasteiger partial charge in [0.25, 0.3) is 0 Å². The highest BCUT2D eigenvalue weighted by atomic mass is 32.2. The predicted molar refractivity (Wildman–Crippen MR) is 109 cm³/mol. The van der Waals surface area contributed by atoms with Gasteiger partial charge in [0, 0.05) is 24.7 Å². The number of carbonyl (C=O) groups is 1. The number of nitrogens with zero attached hydrogens (tertiary/aromatic N) is 1. The second kappa shape index (κ2) is 9.25. The van der Waals surface area contributed by atoms with Crippen LogP contribution in [0.5, 0.6) is 5.75 Å². The van der Waals surface area contributed by atoms with Gasteiger partial charge in [-0.3, -0.25) is 4.79 Å². The topological polar surface area (TPSA) is 75.7 Å². The van der Waals surface area contributed by atoms with Crippen molar-refractivity contribution in [3.63, 3.8) is 0 Å². The lowest BCUT2D eigenvalue weighted by molar-refractivity contribution is -0.115. The van der Waals surface area contributed by atoms with Crippen LogP contribution in [-0.2, 0) is 14.8 Å². The van der Waals surface area contributed by atoms with Gasteiger partial charge in [-0.15, -0.1) is 11.8 Å². The summed E-state index contributed by atoms with van der Waals surface area (Å²) in [6.45, 7) is 3.93. The van der Waals surface area contributed by atoms with E-state index in [1.165, 1.54) is 31.9 Å². The van der Waals surface area contributed by atoms with E-state index in [1.54, 1.807) is 26.0 Å². The fourth-order valence-electron chi connectivity index (χ4n) is 2.26. The highest BCUT2D eigenvalue weighted by Gasteiger charge is 2.24. The number of nitrogens with one attached hydrogen (secondary N) is 1. The summed E-state index contributed by atoms with van der Waals surface area (Å²) in [5.74, 6) is 0.0529. The zero-order valence-electron chi connectivity index (χ0n) is 15.8. The maximum Gasteiger partial charge on any atom is 0.246 e. The van der Waals surface area contributed by atoms with E-state index < -0.39 is 10.0 Å². The van der Waals surface area contributed by atoms with Crippen molar-refractivity contribution in [2.24, 2.45) is 0 Å². The van der Waals surface area contributed by atoms with Crippen LogP contribution >= 0.6 is 11.8 Å². The molecular formula is C19H24N2O4S2. The van der Waals surface area contributed by atoms with Crippen LogP contribution in [0.4, 0.5) is 5.69 Å². The van der Waals surface area contributed by atoms with Gasteiger partial charge in [-0.1, -0.05) is 18.2 Å². The van der Waals surface area contributed by atoms with Gasteiger partial charge >= 0.3 is 0 Å². The van der Waals surface area contributed by atoms with Crippen LogP contribution in [0.15, 0.2) is 58.3 Å². The molecule has 0 heterocycles. The fraction of sp³-hybridized carbons (Fsp3) is 0.316. The van der Waals surface area contributed by atoms with Gasteiger partial charge in [-0.05, 0) is 44.2 Å². The molecule has 0 aromatic heterocycles. The van der Waals surface area contributed by atoms with Gasteiger partial charge in [-0.25, -0.2) is 12.7 Å². The molecule has 8 heteroatoms. The molecule has 1 N–H and O–H groups in total. The minimum Gasteiger partial charge on any atom is -0.492 e. The second-order valence-electron chi connectivity index (χ2n) is 5.94. The summed E-state index contributed by atoms with van der Waals surface area (Å²) in [7, 11) is -0.798. The molecule has 1 amide bonds. The number of hydrogen-bond donors (Lipinski definition) is 1. The molecule has 146 valence electrons. The van der Waals surface area contributed by atoms with E-state index >= 15 is 0 Å². The Balaban J connectivity index is 2.22. The second-order valence-corrected chi connectivity index (χ2v) is 9.48. The van der Waals surface area contributed by atoms with Gasteiger partial charge in [0.2, 0.25) is 15.9 Å². The summed E-state index contributed by atoms with van der Waals surface area (Å²) in [5.41, 5.74) is 0.407. The molecule has 0 saturated carbocycles. The third kappa shape index (κ3) is 5.47. The first-order valence-electron chi connectivity index (χ1n) is 8.47. The first kappa shape index (κ1) is 21.3. The van der Waals surface area contributed by atoms with Crippen LogP contribution in [0.3, 0.4) is 0 Å². The number of thioether (sulfide) groups is 1. The number of rotatable bonds is 8. The van der Waals surface area contributed by atoms with Gasteiger partial charge in [0.15, 0.2) is 0 Å². The molecule has 0 radical (unpaired) electrons. The highest BCUT2D eigenvalue weighted by Crippen LogP contribution is 2.30. The van der Waals surface area contributed by atoms with E-state index in [-0.39, 0.29) is 21.8 Å². The summed E-state index contributed by atoms with van der Waals surface area (Å²) in [6, 6.07) is 14.2. The Kier molecular flexibility index (Phi) is 7.29. The van der Waals surface area contributed by atoms with Gasteiger partial charge < -0.3 is 10.1 Å². The zero-order valence-corrected chi connectivity index (χ0v) is 17.4. The quantitative estimate of drug-likeness (QED) is 0.677. The van der Waals surface area contributed by atoms with Gasteiger partial charge in [-0.2, -0.15) is 0 Å². The summed E-state index contributed by atoms with van der Waals surface area (Å²) < 4.78 is 31.7. The maximum atomic E-state index is 12.6. The average Bonchev–Trinajstić information content (AvgIpc) is 2.63. The molecule has 0 fully saturated rings. The van der Waals surface area contributed by atoms with E-state index in [1.807, 2.05) is 30.3 Å². The Morgan fingerprint density at radius 1 is 1.19 bits per heavy atom. The van der Waals surface area contributed by atoms with Crippen LogP contribution in [0.25, 0.3) is 0 Å². The lowest BCUT2D eigenvalue weighted by Crippen LogP contribution is -2.24. The molecule has 0 aliphatic rings. The Bertz CT molecular complexity index is 884. The molecule has 1 atom stereocenters. The van der Waals surface area contributed by atoms with Gasteiger partial charge in [0.1, 0.15) is 10.6 Å². The monoisotopic (exact) mass is 408 g/mol. The minimum atomic E-state index is -3.71. The molecule has 0 bridgehead atoms. The van der Waals surface area contributed by atoms with Crippen LogP contribution in [0, 0.1) is 0 Å². The zero-order chi connectivity index (χ0) is 20.0. The number of carbonyl (C=O) groups excluding carboxylic acids is 1. The third-order valence-electron chi connectivity index (χ3n) is 3.70. The molecule has 2 rings (SSSR count). The molecule has 0 saturated heterocycles. The summed E-state index contributed by atoms with van der Waals surface area (Å²) in [4.78, 5) is 13.5. The Morgan fingerprint density at radius 2 is 1.85 bits per heavy atom. The molecule has 2 aromatic carbocycles. The smallest absolute Gasteiger partial charge is 0.246 e. The lowest BCUT2D eigenvalue weighted by Gasteiger charge is -2.17. The molecule has 27 heavy (non-hydrogen) atoms. The average molecular weight is 409 g/mol. The molecule has 0 spiro atoms. The Labute approximate surface area is 165 Å². The normalized spacial score (nSPS) is 12.6. The number of amides is 1. The molecule has 2 aromatic rings. The fourth-order valence-corrected chi connectivity index (χ4v) is 4.20. The first-order valence-corrected chi connectivity index (χ1v) is 10.8. The van der Waals surface area contributed by atoms with E-state index in [9.17, 15) is 13.2 Å². The number of ether oxygens (including phenoxy) is 1.